The first-order valence-electron chi connectivity index (χ1n) is 14.6. The van der Waals surface area contributed by atoms with Crippen molar-refractivity contribution in [2.24, 2.45) is 28.7 Å². The molecule has 230 valence electrons. The number of nitrogens with one attached hydrogen (secondary N) is 1. The third kappa shape index (κ3) is 8.38. The average molecular weight is 600 g/mol. The predicted octanol–water partition coefficient (Wildman–Crippen LogP) is 3.46. The van der Waals surface area contributed by atoms with Crippen LogP contribution in [0.2, 0.25) is 0 Å². The van der Waals surface area contributed by atoms with Crippen LogP contribution in [0.3, 0.4) is 0 Å². The maximum absolute atomic E-state index is 14.1. The van der Waals surface area contributed by atoms with Gasteiger partial charge in [0, 0.05) is 25.3 Å². The van der Waals surface area contributed by atoms with E-state index in [1.165, 1.54) is 4.90 Å². The van der Waals surface area contributed by atoms with Crippen molar-refractivity contribution in [1.29, 1.82) is 0 Å². The molecular weight excluding hydrogens is 554 g/mol. The van der Waals surface area contributed by atoms with Crippen molar-refractivity contribution < 1.29 is 24.3 Å². The maximum atomic E-state index is 14.1. The van der Waals surface area contributed by atoms with E-state index in [0.717, 1.165) is 21.7 Å². The average Bonchev–Trinajstić information content (AvgIpc) is 3.51. The lowest BCUT2D eigenvalue weighted by Crippen LogP contribution is -2.53. The number of aliphatic hydroxyl groups excluding tert-OH is 1. The van der Waals surface area contributed by atoms with Crippen molar-refractivity contribution >= 4 is 35.0 Å². The number of amides is 4. The fourth-order valence-corrected chi connectivity index (χ4v) is 6.65. The first-order valence-corrected chi connectivity index (χ1v) is 15.5. The topological polar surface area (TPSA) is 169 Å². The summed E-state index contributed by atoms with van der Waals surface area (Å²) in [6, 6.07) is 6.72. The van der Waals surface area contributed by atoms with Gasteiger partial charge in [-0.15, -0.1) is 11.3 Å². The molecule has 42 heavy (non-hydrogen) atoms. The van der Waals surface area contributed by atoms with Crippen LogP contribution in [0.4, 0.5) is 0 Å². The Morgan fingerprint density at radius 2 is 1.79 bits per heavy atom. The number of unbranched alkanes of at least 4 members (excludes halogenated alkanes) is 2. The van der Waals surface area contributed by atoms with Crippen LogP contribution in [0.1, 0.15) is 83.5 Å². The number of primary amides is 2. The Balaban J connectivity index is 1.74. The summed E-state index contributed by atoms with van der Waals surface area (Å²) in [6.45, 7) is 9.47. The number of aliphatic hydroxyl groups is 1. The van der Waals surface area contributed by atoms with Gasteiger partial charge in [0.2, 0.25) is 23.6 Å². The minimum Gasteiger partial charge on any atom is -0.391 e. The van der Waals surface area contributed by atoms with Gasteiger partial charge in [0.25, 0.3) is 0 Å². The van der Waals surface area contributed by atoms with Crippen LogP contribution in [0.5, 0.6) is 0 Å². The number of hydrogen-bond acceptors (Lipinski definition) is 7. The summed E-state index contributed by atoms with van der Waals surface area (Å²) < 4.78 is 0. The first kappa shape index (κ1) is 33.2. The number of benzene rings is 1. The third-order valence-corrected chi connectivity index (χ3v) is 9.02. The largest absolute Gasteiger partial charge is 0.391 e. The molecule has 1 unspecified atom stereocenters. The van der Waals surface area contributed by atoms with Crippen molar-refractivity contribution in [3.63, 3.8) is 0 Å². The fraction of sp³-hybridized carbons (Fsp3) is 0.581. The molecule has 0 saturated carbocycles. The Labute approximate surface area is 252 Å². The van der Waals surface area contributed by atoms with E-state index < -0.39 is 35.3 Å². The van der Waals surface area contributed by atoms with Crippen molar-refractivity contribution in [2.75, 3.05) is 6.54 Å². The molecule has 1 aromatic heterocycles. The van der Waals surface area contributed by atoms with Crippen molar-refractivity contribution in [2.45, 2.75) is 91.3 Å². The van der Waals surface area contributed by atoms with Crippen LogP contribution < -0.4 is 16.8 Å². The third-order valence-electron chi connectivity index (χ3n) is 8.05. The van der Waals surface area contributed by atoms with E-state index in [4.69, 9.17) is 11.5 Å². The van der Waals surface area contributed by atoms with Gasteiger partial charge in [-0.3, -0.25) is 19.2 Å². The Hall–Kier alpha value is -3.31. The van der Waals surface area contributed by atoms with E-state index in [1.54, 1.807) is 11.3 Å². The van der Waals surface area contributed by atoms with Crippen LogP contribution in [-0.2, 0) is 19.2 Å². The number of aryl methyl sites for hydroxylation is 1. The van der Waals surface area contributed by atoms with Crippen LogP contribution >= 0.6 is 11.3 Å². The molecule has 2 aromatic rings. The van der Waals surface area contributed by atoms with Gasteiger partial charge in [0.15, 0.2) is 0 Å². The number of carbonyl (C=O) groups is 4. The molecule has 0 aliphatic carbocycles. The molecule has 1 saturated heterocycles. The zero-order valence-electron chi connectivity index (χ0n) is 25.3. The number of likely N-dealkylation sites (tertiary alicyclic amines) is 1. The normalized spacial score (nSPS) is 19.2. The van der Waals surface area contributed by atoms with Crippen molar-refractivity contribution in [3.05, 3.63) is 41.0 Å². The van der Waals surface area contributed by atoms with E-state index in [1.807, 2.05) is 64.4 Å². The van der Waals surface area contributed by atoms with E-state index >= 15 is 0 Å². The Kier molecular flexibility index (Phi) is 11.3. The molecule has 0 spiro atoms. The molecule has 3 rings (SSSR count). The van der Waals surface area contributed by atoms with Crippen LogP contribution in [0.25, 0.3) is 10.4 Å². The number of hydrogen-bond donors (Lipinski definition) is 4. The summed E-state index contributed by atoms with van der Waals surface area (Å²) in [5.74, 6) is -3.22. The summed E-state index contributed by atoms with van der Waals surface area (Å²) in [5.41, 5.74) is 15.1. The summed E-state index contributed by atoms with van der Waals surface area (Å²) in [7, 11) is 0. The molecule has 5 atom stereocenters. The van der Waals surface area contributed by atoms with Gasteiger partial charge in [-0.25, -0.2) is 4.98 Å². The Morgan fingerprint density at radius 1 is 1.12 bits per heavy atom. The highest BCUT2D eigenvalue weighted by Gasteiger charge is 2.47. The lowest BCUT2D eigenvalue weighted by molar-refractivity contribution is -0.149. The van der Waals surface area contributed by atoms with Gasteiger partial charge in [0.1, 0.15) is 6.04 Å². The number of β-amino-alcohol motifs (C(OH)–C–C–N with tert-alkyl or cyclic N) is 1. The standard InChI is InChI=1S/C31H45N5O5S/c1-18(20-11-13-21(14-12-20)27-19(2)34-17-42-27)35-29(40)24-15-22(37)16-36(24)30(41)26(31(3,4)5)23(28(33)39)9-7-6-8-10-25(32)38/h11-14,17-18,22-24,26,37H,6-10,15-16H2,1-5H3,(H2,32,38)(H2,33,39)(H,35,40)/t18-,22+,23?,24-,26+/m0/s1. The number of thiazole rings is 1. The second-order valence-electron chi connectivity index (χ2n) is 12.4. The van der Waals surface area contributed by atoms with E-state index in [2.05, 4.69) is 10.3 Å². The van der Waals surface area contributed by atoms with Gasteiger partial charge < -0.3 is 26.8 Å². The molecule has 0 radical (unpaired) electrons. The quantitative estimate of drug-likeness (QED) is 0.257. The highest BCUT2D eigenvalue weighted by molar-refractivity contribution is 7.13. The molecular formula is C31H45N5O5S. The Morgan fingerprint density at radius 3 is 2.33 bits per heavy atom. The van der Waals surface area contributed by atoms with Crippen molar-refractivity contribution in [1.82, 2.24) is 15.2 Å². The lowest BCUT2D eigenvalue weighted by atomic mass is 9.70. The molecule has 1 fully saturated rings. The van der Waals surface area contributed by atoms with Crippen LogP contribution in [0.15, 0.2) is 29.8 Å². The smallest absolute Gasteiger partial charge is 0.243 e. The number of carbonyl (C=O) groups excluding carboxylic acids is 4. The molecule has 1 aliphatic heterocycles. The number of nitrogens with zero attached hydrogens (tertiary/aromatic N) is 2. The van der Waals surface area contributed by atoms with E-state index in [9.17, 15) is 24.3 Å². The fourth-order valence-electron chi connectivity index (χ4n) is 5.84. The van der Waals surface area contributed by atoms with Gasteiger partial charge in [-0.2, -0.15) is 0 Å². The monoisotopic (exact) mass is 599 g/mol. The highest BCUT2D eigenvalue weighted by atomic mass is 32.1. The molecule has 10 nitrogen and oxygen atoms in total. The highest BCUT2D eigenvalue weighted by Crippen LogP contribution is 2.38. The Bertz CT molecular complexity index is 1260. The minimum atomic E-state index is -0.872. The van der Waals surface area contributed by atoms with Crippen LogP contribution in [-0.4, -0.2) is 57.3 Å². The number of rotatable bonds is 13. The van der Waals surface area contributed by atoms with Crippen LogP contribution in [0, 0.1) is 24.2 Å². The second kappa shape index (κ2) is 14.2. The van der Waals surface area contributed by atoms with Crippen molar-refractivity contribution in [3.8, 4) is 10.4 Å². The zero-order chi connectivity index (χ0) is 31.2. The van der Waals surface area contributed by atoms with Gasteiger partial charge in [-0.05, 0) is 43.2 Å². The minimum absolute atomic E-state index is 0.00483. The SMILES string of the molecule is Cc1ncsc1-c1ccc([C@H](C)NC(=O)[C@@H]2C[C@@H](O)CN2C(=O)[C@@H](C(CCCCCC(N)=O)C(N)=O)C(C)(C)C)cc1. The molecule has 0 bridgehead atoms. The summed E-state index contributed by atoms with van der Waals surface area (Å²) in [4.78, 5) is 58.1. The lowest BCUT2D eigenvalue weighted by Gasteiger charge is -2.38. The van der Waals surface area contributed by atoms with E-state index in [-0.39, 0.29) is 43.1 Å². The summed E-state index contributed by atoms with van der Waals surface area (Å²) in [6.07, 6.45) is 1.77. The summed E-state index contributed by atoms with van der Waals surface area (Å²) in [5, 5.41) is 13.5. The maximum Gasteiger partial charge on any atom is 0.243 e. The van der Waals surface area contributed by atoms with E-state index in [0.29, 0.717) is 25.7 Å². The number of aromatic nitrogens is 1. The molecule has 2 heterocycles. The van der Waals surface area contributed by atoms with Gasteiger partial charge >= 0.3 is 0 Å². The molecule has 4 amide bonds. The first-order chi connectivity index (χ1) is 19.7. The molecule has 6 N–H and O–H groups in total. The molecule has 11 heteroatoms. The van der Waals surface area contributed by atoms with Gasteiger partial charge in [0.05, 0.1) is 34.1 Å². The zero-order valence-corrected chi connectivity index (χ0v) is 26.1. The number of nitrogens with two attached hydrogens (primary N) is 2. The predicted molar refractivity (Wildman–Crippen MR) is 163 cm³/mol. The molecule has 1 aromatic carbocycles. The second-order valence-corrected chi connectivity index (χ2v) is 13.3. The molecule has 1 aliphatic rings. The summed E-state index contributed by atoms with van der Waals surface area (Å²) >= 11 is 1.57. The van der Waals surface area contributed by atoms with Gasteiger partial charge in [-0.1, -0.05) is 57.9 Å².